The lowest BCUT2D eigenvalue weighted by Gasteiger charge is -2.46. The van der Waals surface area contributed by atoms with Crippen LogP contribution in [-0.4, -0.2) is 55.8 Å². The lowest BCUT2D eigenvalue weighted by atomic mass is 10.0. The van der Waals surface area contributed by atoms with E-state index in [0.717, 1.165) is 36.8 Å². The summed E-state index contributed by atoms with van der Waals surface area (Å²) in [6.45, 7) is 11.6. The fourth-order valence-corrected chi connectivity index (χ4v) is 8.58. The molecule has 0 aliphatic carbocycles. The Morgan fingerprint density at radius 1 is 0.824 bits per heavy atom. The van der Waals surface area contributed by atoms with Crippen molar-refractivity contribution in [1.29, 1.82) is 0 Å². The SMILES string of the molecule is [B]OC[C@H](C(C)C)N1CCCCN([C@H](COCc2ccccc2)C(C)C)P1(=O)c1ccccc1. The van der Waals surface area contributed by atoms with E-state index < -0.39 is 7.44 Å². The van der Waals surface area contributed by atoms with Gasteiger partial charge in [-0.3, -0.25) is 4.57 Å². The monoisotopic (exact) mass is 482 g/mol. The summed E-state index contributed by atoms with van der Waals surface area (Å²) in [6.07, 6.45) is 1.97. The lowest BCUT2D eigenvalue weighted by Crippen LogP contribution is -2.50. The van der Waals surface area contributed by atoms with Gasteiger partial charge < -0.3 is 9.39 Å². The molecule has 0 aromatic heterocycles. The van der Waals surface area contributed by atoms with Crippen molar-refractivity contribution in [3.05, 3.63) is 66.2 Å². The maximum Gasteiger partial charge on any atom is 0.282 e. The Hall–Kier alpha value is -1.43. The number of hydrogen-bond donors (Lipinski definition) is 0. The van der Waals surface area contributed by atoms with E-state index in [1.807, 2.05) is 48.5 Å². The molecule has 3 atom stereocenters. The molecule has 0 N–H and O–H groups in total. The van der Waals surface area contributed by atoms with Crippen molar-refractivity contribution >= 4 is 20.8 Å². The van der Waals surface area contributed by atoms with E-state index in [0.29, 0.717) is 19.8 Å². The first kappa shape index (κ1) is 27.2. The number of rotatable bonds is 11. The van der Waals surface area contributed by atoms with Crippen molar-refractivity contribution in [2.24, 2.45) is 11.8 Å². The topological polar surface area (TPSA) is 42.0 Å². The van der Waals surface area contributed by atoms with Gasteiger partial charge in [-0.2, -0.15) is 0 Å². The second kappa shape index (κ2) is 13.0. The second-order valence-corrected chi connectivity index (χ2v) is 12.5. The van der Waals surface area contributed by atoms with Crippen molar-refractivity contribution in [1.82, 2.24) is 9.34 Å². The summed E-state index contributed by atoms with van der Waals surface area (Å²) in [5.74, 6) is 0.517. The number of hydrogen-bond acceptors (Lipinski definition) is 3. The molecule has 2 aromatic rings. The van der Waals surface area contributed by atoms with Crippen LogP contribution in [0.4, 0.5) is 0 Å². The minimum atomic E-state index is -3.14. The standard InChI is InChI=1S/C27H40BN2O3P/c1-22(2)26(20-32-19-24-13-7-5-8-14-24)29-17-11-12-18-30(27(21-33-28)23(3)4)34(29,31)25-15-9-6-10-16-25/h5-10,13-16,22-23,26-27H,11-12,17-21H2,1-4H3/t26-,27-,34?/m1/s1. The average Bonchev–Trinajstić information content (AvgIpc) is 3.00. The Labute approximate surface area is 207 Å². The van der Waals surface area contributed by atoms with Gasteiger partial charge in [0.05, 0.1) is 13.2 Å². The first-order chi connectivity index (χ1) is 16.4. The Bertz CT molecular complexity index is 897. The third-order valence-electron chi connectivity index (χ3n) is 6.79. The molecule has 184 valence electrons. The van der Waals surface area contributed by atoms with Gasteiger partial charge in [-0.1, -0.05) is 76.2 Å². The van der Waals surface area contributed by atoms with Crippen LogP contribution in [0.1, 0.15) is 46.1 Å². The first-order valence-electron chi connectivity index (χ1n) is 12.5. The molecule has 0 spiro atoms. The molecule has 0 saturated carbocycles. The molecule has 2 aromatic carbocycles. The zero-order chi connectivity index (χ0) is 24.6. The fraction of sp³-hybridized carbons (Fsp3) is 0.556. The van der Waals surface area contributed by atoms with Crippen LogP contribution < -0.4 is 5.30 Å². The maximum atomic E-state index is 15.4. The van der Waals surface area contributed by atoms with Crippen LogP contribution >= 0.6 is 7.44 Å². The highest BCUT2D eigenvalue weighted by atomic mass is 31.2. The summed E-state index contributed by atoms with van der Waals surface area (Å²) < 4.78 is 31.3. The highest BCUT2D eigenvalue weighted by molar-refractivity contribution is 7.67. The van der Waals surface area contributed by atoms with Gasteiger partial charge in [0.15, 0.2) is 0 Å². The Morgan fingerprint density at radius 3 is 1.82 bits per heavy atom. The van der Waals surface area contributed by atoms with E-state index in [1.165, 1.54) is 0 Å². The second-order valence-electron chi connectivity index (χ2n) is 9.87. The van der Waals surface area contributed by atoms with E-state index in [-0.39, 0.29) is 23.9 Å². The number of nitrogens with zero attached hydrogens (tertiary/aromatic N) is 2. The minimum Gasteiger partial charge on any atom is -0.446 e. The van der Waals surface area contributed by atoms with Crippen LogP contribution in [0.2, 0.25) is 0 Å². The minimum absolute atomic E-state index is 0.0157. The number of ether oxygens (including phenoxy) is 1. The van der Waals surface area contributed by atoms with Gasteiger partial charge in [0.1, 0.15) is 0 Å². The van der Waals surface area contributed by atoms with E-state index in [1.54, 1.807) is 0 Å². The van der Waals surface area contributed by atoms with Crippen molar-refractivity contribution in [2.45, 2.75) is 59.2 Å². The summed E-state index contributed by atoms with van der Waals surface area (Å²) in [5, 5.41) is 0.869. The summed E-state index contributed by atoms with van der Waals surface area (Å²) in [4.78, 5) is 0. The van der Waals surface area contributed by atoms with Crippen molar-refractivity contribution in [2.75, 3.05) is 26.3 Å². The quantitative estimate of drug-likeness (QED) is 0.323. The van der Waals surface area contributed by atoms with Crippen LogP contribution in [0.5, 0.6) is 0 Å². The Balaban J connectivity index is 1.99. The molecule has 1 heterocycles. The zero-order valence-corrected chi connectivity index (χ0v) is 22.1. The van der Waals surface area contributed by atoms with Gasteiger partial charge in [0.25, 0.3) is 8.05 Å². The van der Waals surface area contributed by atoms with Gasteiger partial charge >= 0.3 is 0 Å². The predicted molar refractivity (Wildman–Crippen MR) is 141 cm³/mol. The van der Waals surface area contributed by atoms with Crippen LogP contribution in [0.15, 0.2) is 60.7 Å². The molecule has 5 nitrogen and oxygen atoms in total. The van der Waals surface area contributed by atoms with Gasteiger partial charge in [0, 0.05) is 37.1 Å². The fourth-order valence-electron chi connectivity index (χ4n) is 4.83. The molecular formula is C27H40BN2O3P. The molecule has 1 unspecified atom stereocenters. The van der Waals surface area contributed by atoms with Gasteiger partial charge in [-0.25, -0.2) is 9.34 Å². The summed E-state index contributed by atoms with van der Waals surface area (Å²) >= 11 is 0. The largest absolute Gasteiger partial charge is 0.446 e. The third kappa shape index (κ3) is 6.41. The molecule has 0 amide bonds. The first-order valence-corrected chi connectivity index (χ1v) is 14.1. The normalized spacial score (nSPS) is 22.1. The molecule has 0 bridgehead atoms. The Morgan fingerprint density at radius 2 is 1.32 bits per heavy atom. The summed E-state index contributed by atoms with van der Waals surface area (Å²) in [6, 6.07) is 20.2. The third-order valence-corrected chi connectivity index (χ3v) is 10.1. The van der Waals surface area contributed by atoms with E-state index in [9.17, 15) is 0 Å². The van der Waals surface area contributed by atoms with Gasteiger partial charge in [-0.05, 0) is 42.4 Å². The zero-order valence-electron chi connectivity index (χ0n) is 21.2. The summed E-state index contributed by atoms with van der Waals surface area (Å²) in [5.41, 5.74) is 1.15. The van der Waals surface area contributed by atoms with Crippen molar-refractivity contribution < 1.29 is 14.0 Å². The molecule has 1 fully saturated rings. The smallest absolute Gasteiger partial charge is 0.282 e. The van der Waals surface area contributed by atoms with Crippen LogP contribution in [-0.2, 0) is 20.6 Å². The lowest BCUT2D eigenvalue weighted by molar-refractivity contribution is 0.0579. The number of benzene rings is 2. The Kier molecular flexibility index (Phi) is 10.4. The van der Waals surface area contributed by atoms with Gasteiger partial charge in [0.2, 0.25) is 7.44 Å². The predicted octanol–water partition coefficient (Wildman–Crippen LogP) is 5.27. The highest BCUT2D eigenvalue weighted by Crippen LogP contribution is 2.57. The van der Waals surface area contributed by atoms with E-state index >= 15 is 4.57 Å². The van der Waals surface area contributed by atoms with Gasteiger partial charge in [-0.15, -0.1) is 0 Å². The molecule has 1 aliphatic heterocycles. The van der Waals surface area contributed by atoms with Crippen molar-refractivity contribution in [3.63, 3.8) is 0 Å². The van der Waals surface area contributed by atoms with E-state index in [2.05, 4.69) is 49.2 Å². The summed E-state index contributed by atoms with van der Waals surface area (Å²) in [7, 11) is 2.41. The van der Waals surface area contributed by atoms with Crippen LogP contribution in [0.3, 0.4) is 0 Å². The van der Waals surface area contributed by atoms with Crippen molar-refractivity contribution in [3.8, 4) is 0 Å². The molecular weight excluding hydrogens is 442 g/mol. The molecule has 1 saturated heterocycles. The van der Waals surface area contributed by atoms with Crippen LogP contribution in [0.25, 0.3) is 0 Å². The molecule has 3 rings (SSSR count). The molecule has 7 heteroatoms. The molecule has 34 heavy (non-hydrogen) atoms. The maximum absolute atomic E-state index is 15.4. The molecule has 1 aliphatic rings. The highest BCUT2D eigenvalue weighted by Gasteiger charge is 2.47. The average molecular weight is 482 g/mol. The van der Waals surface area contributed by atoms with Crippen LogP contribution in [0, 0.1) is 11.8 Å². The van der Waals surface area contributed by atoms with E-state index in [4.69, 9.17) is 17.4 Å². The molecule has 2 radical (unpaired) electrons.